The van der Waals surface area contributed by atoms with Gasteiger partial charge >= 0.3 is 0 Å². The molecule has 0 aromatic carbocycles. The van der Waals surface area contributed by atoms with Crippen molar-refractivity contribution < 1.29 is 9.21 Å². The molecule has 0 saturated carbocycles. The van der Waals surface area contributed by atoms with E-state index >= 15 is 0 Å². The number of aromatic nitrogens is 1. The summed E-state index contributed by atoms with van der Waals surface area (Å²) < 4.78 is 5.36. The van der Waals surface area contributed by atoms with Crippen molar-refractivity contribution >= 4 is 18.3 Å². The van der Waals surface area contributed by atoms with E-state index in [1.165, 1.54) is 0 Å². The van der Waals surface area contributed by atoms with Crippen LogP contribution < -0.4 is 5.73 Å². The van der Waals surface area contributed by atoms with Gasteiger partial charge in [0.05, 0.1) is 5.69 Å². The molecular weight excluding hydrogens is 254 g/mol. The number of likely N-dealkylation sites (tertiary alicyclic amines) is 1. The molecule has 6 heteroatoms. The summed E-state index contributed by atoms with van der Waals surface area (Å²) in [5.41, 5.74) is 6.31. The lowest BCUT2D eigenvalue weighted by molar-refractivity contribution is 0.0659. The number of halogens is 1. The van der Waals surface area contributed by atoms with Gasteiger partial charge in [0.15, 0.2) is 5.89 Å². The minimum Gasteiger partial charge on any atom is -0.436 e. The number of carbonyl (C=O) groups excluding carboxylic acids is 1. The van der Waals surface area contributed by atoms with Gasteiger partial charge in [0.1, 0.15) is 0 Å². The monoisotopic (exact) mass is 273 g/mol. The topological polar surface area (TPSA) is 72.4 Å². The SMILES string of the molecule is Cc1nc(C)c(C(=O)N2CCC(CN)CC2)o1.Cl. The Kier molecular flexibility index (Phi) is 5.16. The smallest absolute Gasteiger partial charge is 0.291 e. The van der Waals surface area contributed by atoms with Crippen LogP contribution in [0.4, 0.5) is 0 Å². The summed E-state index contributed by atoms with van der Waals surface area (Å²) in [6, 6.07) is 0. The van der Waals surface area contributed by atoms with Gasteiger partial charge < -0.3 is 15.1 Å². The third kappa shape index (κ3) is 3.03. The van der Waals surface area contributed by atoms with Gasteiger partial charge in [-0.25, -0.2) is 4.98 Å². The summed E-state index contributed by atoms with van der Waals surface area (Å²) in [6.45, 7) is 5.79. The second-order valence-corrected chi connectivity index (χ2v) is 4.62. The molecule has 0 spiro atoms. The number of nitrogens with zero attached hydrogens (tertiary/aromatic N) is 2. The maximum absolute atomic E-state index is 12.2. The summed E-state index contributed by atoms with van der Waals surface area (Å²) in [4.78, 5) is 18.1. The first-order chi connectivity index (χ1) is 8.11. The normalized spacial score (nSPS) is 16.5. The molecule has 102 valence electrons. The fraction of sp³-hybridized carbons (Fsp3) is 0.667. The number of piperidine rings is 1. The van der Waals surface area contributed by atoms with Gasteiger partial charge in [-0.1, -0.05) is 0 Å². The predicted octanol–water partition coefficient (Wildman–Crippen LogP) is 1.52. The Morgan fingerprint density at radius 2 is 2.06 bits per heavy atom. The van der Waals surface area contributed by atoms with Crippen molar-refractivity contribution in [2.75, 3.05) is 19.6 Å². The Labute approximate surface area is 113 Å². The third-order valence-corrected chi connectivity index (χ3v) is 3.33. The van der Waals surface area contributed by atoms with Gasteiger partial charge in [-0.15, -0.1) is 12.4 Å². The summed E-state index contributed by atoms with van der Waals surface area (Å²) >= 11 is 0. The van der Waals surface area contributed by atoms with E-state index in [4.69, 9.17) is 10.2 Å². The van der Waals surface area contributed by atoms with Gasteiger partial charge in [0.2, 0.25) is 5.76 Å². The number of nitrogens with two attached hydrogens (primary N) is 1. The van der Waals surface area contributed by atoms with Crippen LogP contribution in [0.15, 0.2) is 4.42 Å². The van der Waals surface area contributed by atoms with E-state index in [1.807, 2.05) is 4.90 Å². The second-order valence-electron chi connectivity index (χ2n) is 4.62. The highest BCUT2D eigenvalue weighted by Crippen LogP contribution is 2.19. The predicted molar refractivity (Wildman–Crippen MR) is 70.9 cm³/mol. The number of hydrogen-bond acceptors (Lipinski definition) is 4. The molecule has 2 N–H and O–H groups in total. The summed E-state index contributed by atoms with van der Waals surface area (Å²) in [5.74, 6) is 1.44. The van der Waals surface area contributed by atoms with Crippen LogP contribution in [-0.2, 0) is 0 Å². The molecule has 0 aliphatic carbocycles. The molecular formula is C12H20ClN3O2. The molecule has 1 saturated heterocycles. The van der Waals surface area contributed by atoms with Crippen LogP contribution in [0.2, 0.25) is 0 Å². The minimum atomic E-state index is -0.0430. The lowest BCUT2D eigenvalue weighted by atomic mass is 9.97. The van der Waals surface area contributed by atoms with Gasteiger partial charge in [-0.05, 0) is 32.2 Å². The first-order valence-corrected chi connectivity index (χ1v) is 6.05. The van der Waals surface area contributed by atoms with Gasteiger partial charge in [-0.3, -0.25) is 4.79 Å². The molecule has 2 heterocycles. The minimum absolute atomic E-state index is 0. The van der Waals surface area contributed by atoms with Crippen LogP contribution in [0.5, 0.6) is 0 Å². The van der Waals surface area contributed by atoms with Gasteiger partial charge in [0, 0.05) is 20.0 Å². The average molecular weight is 274 g/mol. The van der Waals surface area contributed by atoms with Crippen LogP contribution in [0.1, 0.15) is 35.0 Å². The molecule has 1 aliphatic rings. The maximum atomic E-state index is 12.2. The zero-order valence-corrected chi connectivity index (χ0v) is 11.6. The van der Waals surface area contributed by atoms with E-state index in [9.17, 15) is 4.79 Å². The fourth-order valence-corrected chi connectivity index (χ4v) is 2.25. The molecule has 0 unspecified atom stereocenters. The Hall–Kier alpha value is -1.07. The van der Waals surface area contributed by atoms with E-state index in [2.05, 4.69) is 4.98 Å². The standard InChI is InChI=1S/C12H19N3O2.ClH/c1-8-11(17-9(2)14-8)12(16)15-5-3-10(7-13)4-6-15;/h10H,3-7,13H2,1-2H3;1H. The molecule has 1 amide bonds. The second kappa shape index (κ2) is 6.20. The Morgan fingerprint density at radius 1 is 1.44 bits per heavy atom. The molecule has 1 aromatic heterocycles. The lowest BCUT2D eigenvalue weighted by Gasteiger charge is -2.30. The molecule has 1 aliphatic heterocycles. The summed E-state index contributed by atoms with van der Waals surface area (Å²) in [7, 11) is 0. The first-order valence-electron chi connectivity index (χ1n) is 6.05. The van der Waals surface area contributed by atoms with Crippen LogP contribution in [-0.4, -0.2) is 35.4 Å². The number of aryl methyl sites for hydroxylation is 2. The number of rotatable bonds is 2. The zero-order chi connectivity index (χ0) is 12.4. The number of amides is 1. The fourth-order valence-electron chi connectivity index (χ4n) is 2.25. The average Bonchev–Trinajstić information content (AvgIpc) is 2.68. The molecule has 18 heavy (non-hydrogen) atoms. The van der Waals surface area contributed by atoms with E-state index in [-0.39, 0.29) is 18.3 Å². The van der Waals surface area contributed by atoms with Crippen molar-refractivity contribution in [3.8, 4) is 0 Å². The van der Waals surface area contributed by atoms with Crippen molar-refractivity contribution in [3.63, 3.8) is 0 Å². The van der Waals surface area contributed by atoms with Crippen LogP contribution in [0.25, 0.3) is 0 Å². The first kappa shape index (κ1) is 15.0. The Bertz CT molecular complexity index is 411. The number of carbonyl (C=O) groups is 1. The highest BCUT2D eigenvalue weighted by atomic mass is 35.5. The molecule has 1 fully saturated rings. The van der Waals surface area contributed by atoms with Crippen molar-refractivity contribution in [2.24, 2.45) is 11.7 Å². The lowest BCUT2D eigenvalue weighted by Crippen LogP contribution is -2.40. The quantitative estimate of drug-likeness (QED) is 0.887. The van der Waals surface area contributed by atoms with Crippen LogP contribution >= 0.6 is 12.4 Å². The van der Waals surface area contributed by atoms with Crippen molar-refractivity contribution in [1.82, 2.24) is 9.88 Å². The van der Waals surface area contributed by atoms with Crippen molar-refractivity contribution in [3.05, 3.63) is 17.3 Å². The number of oxazole rings is 1. The molecule has 1 aromatic rings. The van der Waals surface area contributed by atoms with E-state index in [0.29, 0.717) is 29.8 Å². The van der Waals surface area contributed by atoms with Gasteiger partial charge in [0.25, 0.3) is 5.91 Å². The molecule has 0 radical (unpaired) electrons. The highest BCUT2D eigenvalue weighted by Gasteiger charge is 2.26. The van der Waals surface area contributed by atoms with Crippen molar-refractivity contribution in [2.45, 2.75) is 26.7 Å². The highest BCUT2D eigenvalue weighted by molar-refractivity contribution is 5.92. The Morgan fingerprint density at radius 3 is 2.50 bits per heavy atom. The molecule has 0 bridgehead atoms. The maximum Gasteiger partial charge on any atom is 0.291 e. The largest absolute Gasteiger partial charge is 0.436 e. The van der Waals surface area contributed by atoms with Gasteiger partial charge in [-0.2, -0.15) is 0 Å². The van der Waals surface area contributed by atoms with E-state index in [0.717, 1.165) is 25.9 Å². The molecule has 5 nitrogen and oxygen atoms in total. The summed E-state index contributed by atoms with van der Waals surface area (Å²) in [6.07, 6.45) is 1.96. The van der Waals surface area contributed by atoms with E-state index in [1.54, 1.807) is 13.8 Å². The van der Waals surface area contributed by atoms with Crippen molar-refractivity contribution in [1.29, 1.82) is 0 Å². The summed E-state index contributed by atoms with van der Waals surface area (Å²) in [5, 5.41) is 0. The molecule has 2 rings (SSSR count). The number of hydrogen-bond donors (Lipinski definition) is 1. The van der Waals surface area contributed by atoms with Crippen LogP contribution in [0, 0.1) is 19.8 Å². The van der Waals surface area contributed by atoms with E-state index < -0.39 is 0 Å². The molecule has 0 atom stereocenters. The Balaban J connectivity index is 0.00000162. The zero-order valence-electron chi connectivity index (χ0n) is 10.8. The van der Waals surface area contributed by atoms with Crippen LogP contribution in [0.3, 0.4) is 0 Å². The third-order valence-electron chi connectivity index (χ3n) is 3.33.